The van der Waals surface area contributed by atoms with Crippen molar-refractivity contribution in [3.8, 4) is 0 Å². The molecule has 0 bridgehead atoms. The van der Waals surface area contributed by atoms with Gasteiger partial charge in [-0.2, -0.15) is 0 Å². The first-order valence-corrected chi connectivity index (χ1v) is 9.78. The van der Waals surface area contributed by atoms with E-state index in [-0.39, 0.29) is 5.82 Å². The molecule has 0 heterocycles. The van der Waals surface area contributed by atoms with Crippen molar-refractivity contribution in [2.24, 2.45) is 0 Å². The predicted molar refractivity (Wildman–Crippen MR) is 83.7 cm³/mol. The zero-order valence-corrected chi connectivity index (χ0v) is 13.1. The van der Waals surface area contributed by atoms with Crippen molar-refractivity contribution in [2.45, 2.75) is 32.9 Å². The maximum Gasteiger partial charge on any atom is 0.122 e. The summed E-state index contributed by atoms with van der Waals surface area (Å²) in [5.41, 5.74) is 1.22. The van der Waals surface area contributed by atoms with Gasteiger partial charge in [0, 0.05) is 0 Å². The van der Waals surface area contributed by atoms with E-state index in [0.717, 1.165) is 5.19 Å². The average Bonchev–Trinajstić information content (AvgIpc) is 2.39. The largest absolute Gasteiger partial charge is 0.207 e. The van der Waals surface area contributed by atoms with E-state index >= 15 is 0 Å². The third-order valence-electron chi connectivity index (χ3n) is 3.83. The molecule has 0 saturated carbocycles. The second-order valence-corrected chi connectivity index (χ2v) is 10.3. The Bertz CT molecular complexity index is 559. The minimum atomic E-state index is -1.95. The van der Waals surface area contributed by atoms with Crippen LogP contribution in [0.4, 0.5) is 4.39 Å². The van der Waals surface area contributed by atoms with Gasteiger partial charge in [-0.1, -0.05) is 74.6 Å². The van der Waals surface area contributed by atoms with Crippen molar-refractivity contribution < 1.29 is 4.39 Å². The van der Waals surface area contributed by atoms with Crippen molar-refractivity contribution in [3.05, 3.63) is 59.9 Å². The van der Waals surface area contributed by atoms with Crippen molar-refractivity contribution in [1.82, 2.24) is 0 Å². The Morgan fingerprint density at radius 3 is 2.16 bits per heavy atom. The van der Waals surface area contributed by atoms with E-state index in [2.05, 4.69) is 45.1 Å². The summed E-state index contributed by atoms with van der Waals surface area (Å²) in [6.45, 7) is 8.72. The average molecular weight is 272 g/mol. The molecule has 2 aromatic rings. The van der Waals surface area contributed by atoms with E-state index in [4.69, 9.17) is 0 Å². The van der Waals surface area contributed by atoms with Crippen LogP contribution in [0.25, 0.3) is 0 Å². The molecule has 0 aromatic heterocycles. The fourth-order valence-corrected chi connectivity index (χ4v) is 4.94. The van der Waals surface area contributed by atoms with Crippen LogP contribution in [0.15, 0.2) is 48.5 Å². The third-order valence-corrected chi connectivity index (χ3v) is 7.33. The lowest BCUT2D eigenvalue weighted by Crippen LogP contribution is -2.54. The Labute approximate surface area is 116 Å². The van der Waals surface area contributed by atoms with Gasteiger partial charge in [0.1, 0.15) is 13.9 Å². The van der Waals surface area contributed by atoms with Crippen molar-refractivity contribution in [1.29, 1.82) is 0 Å². The van der Waals surface area contributed by atoms with E-state index in [1.54, 1.807) is 6.07 Å². The lowest BCUT2D eigenvalue weighted by Gasteiger charge is -2.25. The molecule has 19 heavy (non-hydrogen) atoms. The number of rotatable bonds is 3. The second kappa shape index (κ2) is 5.30. The molecule has 100 valence electrons. The van der Waals surface area contributed by atoms with Gasteiger partial charge in [-0.3, -0.25) is 0 Å². The summed E-state index contributed by atoms with van der Waals surface area (Å²) in [6.07, 6.45) is 0. The number of halogens is 1. The van der Waals surface area contributed by atoms with Gasteiger partial charge < -0.3 is 0 Å². The standard InChI is InChI=1S/C17H21FSi/c1-13(2)14-10-11-16(18)17(12-14)19(3,4)15-8-6-5-7-9-15/h5-13H,1-4H3. The topological polar surface area (TPSA) is 0 Å². The Kier molecular flexibility index (Phi) is 3.90. The van der Waals surface area contributed by atoms with E-state index in [1.165, 1.54) is 10.8 Å². The van der Waals surface area contributed by atoms with E-state index in [9.17, 15) is 4.39 Å². The van der Waals surface area contributed by atoms with Crippen LogP contribution in [0, 0.1) is 5.82 Å². The zero-order chi connectivity index (χ0) is 14.0. The molecule has 0 saturated heterocycles. The van der Waals surface area contributed by atoms with Crippen LogP contribution < -0.4 is 10.4 Å². The molecule has 2 heteroatoms. The van der Waals surface area contributed by atoms with Gasteiger partial charge in [-0.25, -0.2) is 4.39 Å². The minimum absolute atomic E-state index is 0.0649. The molecule has 0 fully saturated rings. The van der Waals surface area contributed by atoms with Crippen molar-refractivity contribution in [2.75, 3.05) is 0 Å². The highest BCUT2D eigenvalue weighted by atomic mass is 28.3. The highest BCUT2D eigenvalue weighted by molar-refractivity contribution is 7.00. The molecule has 2 rings (SSSR count). The van der Waals surface area contributed by atoms with Crippen LogP contribution in [0.1, 0.15) is 25.3 Å². The third kappa shape index (κ3) is 2.79. The first-order chi connectivity index (χ1) is 8.93. The SMILES string of the molecule is CC(C)c1ccc(F)c([Si](C)(C)c2ccccc2)c1. The second-order valence-electron chi connectivity index (χ2n) is 5.89. The summed E-state index contributed by atoms with van der Waals surface area (Å²) in [4.78, 5) is 0. The van der Waals surface area contributed by atoms with Crippen molar-refractivity contribution >= 4 is 18.4 Å². The number of hydrogen-bond donors (Lipinski definition) is 0. The zero-order valence-electron chi connectivity index (χ0n) is 12.1. The van der Waals surface area contributed by atoms with Crippen LogP contribution in [-0.4, -0.2) is 8.07 Å². The monoisotopic (exact) mass is 272 g/mol. The van der Waals surface area contributed by atoms with Crippen LogP contribution in [0.5, 0.6) is 0 Å². The highest BCUT2D eigenvalue weighted by Gasteiger charge is 2.29. The highest BCUT2D eigenvalue weighted by Crippen LogP contribution is 2.16. The molecule has 0 nitrogen and oxygen atoms in total. The lowest BCUT2D eigenvalue weighted by atomic mass is 10.0. The van der Waals surface area contributed by atoms with Gasteiger partial charge in [0.05, 0.1) is 0 Å². The Morgan fingerprint density at radius 1 is 0.947 bits per heavy atom. The van der Waals surface area contributed by atoms with Gasteiger partial charge >= 0.3 is 0 Å². The molecule has 2 aromatic carbocycles. The number of benzene rings is 2. The summed E-state index contributed by atoms with van der Waals surface area (Å²) >= 11 is 0. The molecule has 0 aliphatic carbocycles. The minimum Gasteiger partial charge on any atom is -0.207 e. The molecule has 0 unspecified atom stereocenters. The molecule has 0 atom stereocenters. The van der Waals surface area contributed by atoms with Crippen LogP contribution in [-0.2, 0) is 0 Å². The van der Waals surface area contributed by atoms with E-state index < -0.39 is 8.07 Å². The maximum absolute atomic E-state index is 14.2. The fraction of sp³-hybridized carbons (Fsp3) is 0.294. The first kappa shape index (κ1) is 14.0. The summed E-state index contributed by atoms with van der Waals surface area (Å²) < 4.78 is 14.2. The lowest BCUT2D eigenvalue weighted by molar-refractivity contribution is 0.634. The van der Waals surface area contributed by atoms with Crippen molar-refractivity contribution in [3.63, 3.8) is 0 Å². The molecule has 0 N–H and O–H groups in total. The smallest absolute Gasteiger partial charge is 0.122 e. The predicted octanol–water partition coefficient (Wildman–Crippen LogP) is 3.77. The molecular weight excluding hydrogens is 251 g/mol. The summed E-state index contributed by atoms with van der Waals surface area (Å²) in [7, 11) is -1.95. The first-order valence-electron chi connectivity index (χ1n) is 6.78. The summed E-state index contributed by atoms with van der Waals surface area (Å²) in [5, 5.41) is 2.18. The molecule has 0 amide bonds. The van der Waals surface area contributed by atoms with Gasteiger partial charge in [0.25, 0.3) is 0 Å². The van der Waals surface area contributed by atoms with Gasteiger partial charge in [-0.05, 0) is 22.7 Å². The van der Waals surface area contributed by atoms with Crippen LogP contribution in [0.2, 0.25) is 13.1 Å². The maximum atomic E-state index is 14.2. The van der Waals surface area contributed by atoms with Gasteiger partial charge in [0.15, 0.2) is 0 Å². The Balaban J connectivity index is 2.54. The fourth-order valence-electron chi connectivity index (χ4n) is 2.39. The molecule has 0 spiro atoms. The van der Waals surface area contributed by atoms with E-state index in [1.807, 2.05) is 24.3 Å². The van der Waals surface area contributed by atoms with Crippen LogP contribution >= 0.6 is 0 Å². The normalized spacial score (nSPS) is 11.9. The molecular formula is C17H21FSi. The summed E-state index contributed by atoms with van der Waals surface area (Å²) in [5.74, 6) is 0.366. The van der Waals surface area contributed by atoms with Gasteiger partial charge in [-0.15, -0.1) is 0 Å². The number of hydrogen-bond acceptors (Lipinski definition) is 0. The molecule has 0 aliphatic rings. The van der Waals surface area contributed by atoms with E-state index in [0.29, 0.717) is 5.92 Å². The van der Waals surface area contributed by atoms with Crippen LogP contribution in [0.3, 0.4) is 0 Å². The van der Waals surface area contributed by atoms with Gasteiger partial charge in [0.2, 0.25) is 0 Å². The molecule has 0 aliphatic heterocycles. The molecule has 0 radical (unpaired) electrons. The summed E-state index contributed by atoms with van der Waals surface area (Å²) in [6, 6.07) is 15.9. The quantitative estimate of drug-likeness (QED) is 0.746. The Hall–Kier alpha value is -1.41. The Morgan fingerprint density at radius 2 is 1.58 bits per heavy atom.